The van der Waals surface area contributed by atoms with Gasteiger partial charge in [0.25, 0.3) is 5.89 Å². The van der Waals surface area contributed by atoms with Crippen LogP contribution in [0.3, 0.4) is 0 Å². The fourth-order valence-corrected chi connectivity index (χ4v) is 1.32. The molecule has 0 saturated carbocycles. The van der Waals surface area contributed by atoms with Gasteiger partial charge < -0.3 is 9.63 Å². The summed E-state index contributed by atoms with van der Waals surface area (Å²) in [6.07, 6.45) is 0.422. The van der Waals surface area contributed by atoms with Crippen LogP contribution in [0, 0.1) is 0 Å². The fourth-order valence-electron chi connectivity index (χ4n) is 1.32. The van der Waals surface area contributed by atoms with Gasteiger partial charge in [-0.25, -0.2) is 0 Å². The van der Waals surface area contributed by atoms with Crippen LogP contribution in [0.15, 0.2) is 28.8 Å². The third kappa shape index (κ3) is 2.25. The Labute approximate surface area is 91.7 Å². The number of aromatic hydroxyl groups is 1. The van der Waals surface area contributed by atoms with Crippen LogP contribution in [0.1, 0.15) is 29.0 Å². The zero-order valence-electron chi connectivity index (χ0n) is 8.67. The molecule has 5 heteroatoms. The number of rotatable bonds is 3. The summed E-state index contributed by atoms with van der Waals surface area (Å²) in [5.74, 6) is 0.369. The molecule has 1 aromatic carbocycles. The summed E-state index contributed by atoms with van der Waals surface area (Å²) >= 11 is 0. The quantitative estimate of drug-likeness (QED) is 0.791. The fraction of sp³-hybridized carbons (Fsp3) is 0.182. The summed E-state index contributed by atoms with van der Waals surface area (Å²) in [6.45, 7) is 1.37. The Bertz CT molecular complexity index is 519. The monoisotopic (exact) mass is 218 g/mol. The Morgan fingerprint density at radius 3 is 2.94 bits per heavy atom. The van der Waals surface area contributed by atoms with E-state index in [0.29, 0.717) is 12.2 Å². The number of ketones is 1. The first-order chi connectivity index (χ1) is 7.65. The van der Waals surface area contributed by atoms with Gasteiger partial charge in [-0.3, -0.25) is 4.79 Å². The molecule has 0 saturated heterocycles. The molecule has 0 aliphatic heterocycles. The Kier molecular flexibility index (Phi) is 2.68. The van der Waals surface area contributed by atoms with Crippen molar-refractivity contribution >= 4 is 5.78 Å². The Morgan fingerprint density at radius 2 is 2.31 bits per heavy atom. The smallest absolute Gasteiger partial charge is 0.293 e. The van der Waals surface area contributed by atoms with Crippen molar-refractivity contribution < 1.29 is 14.4 Å². The molecule has 0 unspecified atom stereocenters. The molecule has 82 valence electrons. The van der Waals surface area contributed by atoms with Crippen molar-refractivity contribution in [3.05, 3.63) is 41.5 Å². The van der Waals surface area contributed by atoms with Gasteiger partial charge in [0.15, 0.2) is 5.82 Å². The molecule has 2 rings (SSSR count). The lowest BCUT2D eigenvalue weighted by atomic mass is 10.1. The van der Waals surface area contributed by atoms with Crippen molar-refractivity contribution in [2.45, 2.75) is 13.3 Å². The second-order valence-electron chi connectivity index (χ2n) is 3.42. The summed E-state index contributed by atoms with van der Waals surface area (Å²) in [4.78, 5) is 14.9. The van der Waals surface area contributed by atoms with Crippen molar-refractivity contribution in [1.82, 2.24) is 10.1 Å². The van der Waals surface area contributed by atoms with Crippen LogP contribution in [0.4, 0.5) is 0 Å². The molecule has 0 atom stereocenters. The second-order valence-corrected chi connectivity index (χ2v) is 3.42. The number of phenols is 1. The first-order valence-corrected chi connectivity index (χ1v) is 4.76. The zero-order chi connectivity index (χ0) is 11.5. The standard InChI is InChI=1S/C11H10N2O3/c1-7(14)11-12-10(13-16-11)6-8-3-2-4-9(15)5-8/h2-5,15H,6H2,1H3. The van der Waals surface area contributed by atoms with Crippen molar-refractivity contribution in [1.29, 1.82) is 0 Å². The topological polar surface area (TPSA) is 76.2 Å². The first-order valence-electron chi connectivity index (χ1n) is 4.76. The molecular formula is C11H10N2O3. The van der Waals surface area contributed by atoms with E-state index in [1.165, 1.54) is 6.92 Å². The maximum atomic E-state index is 10.9. The van der Waals surface area contributed by atoms with E-state index in [9.17, 15) is 9.90 Å². The zero-order valence-corrected chi connectivity index (χ0v) is 8.67. The van der Waals surface area contributed by atoms with Crippen molar-refractivity contribution in [2.75, 3.05) is 0 Å². The number of carbonyl (C=O) groups excluding carboxylic acids is 1. The second kappa shape index (κ2) is 4.14. The molecule has 16 heavy (non-hydrogen) atoms. The average Bonchev–Trinajstić information content (AvgIpc) is 2.66. The highest BCUT2D eigenvalue weighted by Gasteiger charge is 2.10. The Morgan fingerprint density at radius 1 is 1.50 bits per heavy atom. The minimum absolute atomic E-state index is 0.00940. The molecule has 0 bridgehead atoms. The highest BCUT2D eigenvalue weighted by atomic mass is 16.5. The van der Waals surface area contributed by atoms with Gasteiger partial charge in [-0.15, -0.1) is 0 Å². The molecule has 0 aliphatic carbocycles. The van der Waals surface area contributed by atoms with Crippen LogP contribution >= 0.6 is 0 Å². The van der Waals surface area contributed by atoms with Crippen molar-refractivity contribution in [3.8, 4) is 5.75 Å². The number of phenolic OH excluding ortho intramolecular Hbond substituents is 1. The lowest BCUT2D eigenvalue weighted by molar-refractivity contribution is 0.0972. The van der Waals surface area contributed by atoms with E-state index in [-0.39, 0.29) is 17.4 Å². The van der Waals surface area contributed by atoms with Crippen LogP contribution < -0.4 is 0 Å². The largest absolute Gasteiger partial charge is 0.508 e. The number of hydrogen-bond donors (Lipinski definition) is 1. The number of aromatic nitrogens is 2. The Hall–Kier alpha value is -2.17. The maximum absolute atomic E-state index is 10.9. The highest BCUT2D eigenvalue weighted by Crippen LogP contribution is 2.13. The van der Waals surface area contributed by atoms with E-state index in [1.54, 1.807) is 18.2 Å². The van der Waals surface area contributed by atoms with Gasteiger partial charge in [-0.05, 0) is 17.7 Å². The molecule has 0 amide bonds. The van der Waals surface area contributed by atoms with Crippen molar-refractivity contribution in [2.24, 2.45) is 0 Å². The van der Waals surface area contributed by atoms with Gasteiger partial charge in [-0.2, -0.15) is 4.98 Å². The lowest BCUT2D eigenvalue weighted by Crippen LogP contribution is -1.94. The highest BCUT2D eigenvalue weighted by molar-refractivity contribution is 5.89. The molecule has 1 heterocycles. The van der Waals surface area contributed by atoms with Crippen LogP contribution in [-0.4, -0.2) is 21.0 Å². The molecule has 2 aromatic rings. The molecule has 0 radical (unpaired) electrons. The van der Waals surface area contributed by atoms with Gasteiger partial charge in [0, 0.05) is 13.3 Å². The number of Topliss-reactive ketones (excluding diaryl/α,β-unsaturated/α-hetero) is 1. The van der Waals surface area contributed by atoms with E-state index < -0.39 is 0 Å². The molecule has 1 N–H and O–H groups in total. The van der Waals surface area contributed by atoms with Crippen LogP contribution in [0.2, 0.25) is 0 Å². The summed E-state index contributed by atoms with van der Waals surface area (Å²) in [7, 11) is 0. The lowest BCUT2D eigenvalue weighted by Gasteiger charge is -1.96. The average molecular weight is 218 g/mol. The number of nitrogens with zero attached hydrogens (tertiary/aromatic N) is 2. The van der Waals surface area contributed by atoms with Gasteiger partial charge in [-0.1, -0.05) is 17.3 Å². The van der Waals surface area contributed by atoms with Crippen LogP contribution in [0.5, 0.6) is 5.75 Å². The van der Waals surface area contributed by atoms with Crippen molar-refractivity contribution in [3.63, 3.8) is 0 Å². The molecule has 5 nitrogen and oxygen atoms in total. The van der Waals surface area contributed by atoms with E-state index >= 15 is 0 Å². The van der Waals surface area contributed by atoms with E-state index in [4.69, 9.17) is 4.52 Å². The Balaban J connectivity index is 2.17. The van der Waals surface area contributed by atoms with Gasteiger partial charge in [0.1, 0.15) is 5.75 Å². The SMILES string of the molecule is CC(=O)c1nc(Cc2cccc(O)c2)no1. The van der Waals surface area contributed by atoms with Gasteiger partial charge >= 0.3 is 0 Å². The molecular weight excluding hydrogens is 208 g/mol. The van der Waals surface area contributed by atoms with Crippen LogP contribution in [0.25, 0.3) is 0 Å². The van der Waals surface area contributed by atoms with E-state index in [2.05, 4.69) is 10.1 Å². The molecule has 1 aromatic heterocycles. The normalized spacial score (nSPS) is 10.3. The molecule has 0 spiro atoms. The summed E-state index contributed by atoms with van der Waals surface area (Å²) in [6, 6.07) is 6.77. The summed E-state index contributed by atoms with van der Waals surface area (Å²) in [5.41, 5.74) is 0.857. The predicted octanol–water partition coefficient (Wildman–Crippen LogP) is 1.57. The van der Waals surface area contributed by atoms with E-state index in [0.717, 1.165) is 5.56 Å². The third-order valence-corrected chi connectivity index (χ3v) is 2.04. The maximum Gasteiger partial charge on any atom is 0.293 e. The number of benzene rings is 1. The van der Waals surface area contributed by atoms with Crippen LogP contribution in [-0.2, 0) is 6.42 Å². The van der Waals surface area contributed by atoms with E-state index in [1.807, 2.05) is 6.07 Å². The molecule has 0 aliphatic rings. The number of carbonyl (C=O) groups is 1. The number of hydrogen-bond acceptors (Lipinski definition) is 5. The third-order valence-electron chi connectivity index (χ3n) is 2.04. The molecule has 0 fully saturated rings. The minimum Gasteiger partial charge on any atom is -0.508 e. The van der Waals surface area contributed by atoms with Gasteiger partial charge in [0.05, 0.1) is 0 Å². The summed E-state index contributed by atoms with van der Waals surface area (Å²) in [5, 5.41) is 12.9. The minimum atomic E-state index is -0.255. The van der Waals surface area contributed by atoms with Gasteiger partial charge in [0.2, 0.25) is 5.78 Å². The predicted molar refractivity (Wildman–Crippen MR) is 55.2 cm³/mol. The first kappa shape index (κ1) is 10.4. The summed E-state index contributed by atoms with van der Waals surface area (Å²) < 4.78 is 4.76.